The molecular formula is C14H25N3O. The van der Waals surface area contributed by atoms with E-state index in [1.54, 1.807) is 0 Å². The summed E-state index contributed by atoms with van der Waals surface area (Å²) in [5.74, 6) is 0.813. The zero-order chi connectivity index (χ0) is 12.4. The van der Waals surface area contributed by atoms with Gasteiger partial charge in [0.15, 0.2) is 0 Å². The highest BCUT2D eigenvalue weighted by atomic mass is 16.2. The van der Waals surface area contributed by atoms with E-state index in [0.717, 1.165) is 19.0 Å². The molecule has 3 aliphatic rings. The van der Waals surface area contributed by atoms with Crippen molar-refractivity contribution in [3.05, 3.63) is 0 Å². The minimum Gasteiger partial charge on any atom is -0.335 e. The van der Waals surface area contributed by atoms with Gasteiger partial charge in [0.05, 0.1) is 0 Å². The van der Waals surface area contributed by atoms with Gasteiger partial charge in [-0.2, -0.15) is 0 Å². The van der Waals surface area contributed by atoms with Crippen LogP contribution in [0.15, 0.2) is 0 Å². The predicted octanol–water partition coefficient (Wildman–Crippen LogP) is 1.67. The van der Waals surface area contributed by atoms with E-state index in [1.807, 2.05) is 4.90 Å². The highest BCUT2D eigenvalue weighted by molar-refractivity contribution is 5.74. The quantitative estimate of drug-likeness (QED) is 0.828. The van der Waals surface area contributed by atoms with E-state index in [2.05, 4.69) is 10.2 Å². The first-order chi connectivity index (χ1) is 8.81. The molecule has 3 rings (SSSR count). The molecule has 2 saturated heterocycles. The van der Waals surface area contributed by atoms with Gasteiger partial charge in [-0.15, -0.1) is 0 Å². The molecule has 0 unspecified atom stereocenters. The molecule has 1 N–H and O–H groups in total. The number of rotatable bonds is 3. The fourth-order valence-electron chi connectivity index (χ4n) is 3.14. The van der Waals surface area contributed by atoms with Crippen LogP contribution < -0.4 is 5.32 Å². The maximum Gasteiger partial charge on any atom is 0.317 e. The maximum atomic E-state index is 11.9. The number of carbonyl (C=O) groups is 1. The van der Waals surface area contributed by atoms with Crippen molar-refractivity contribution in [1.29, 1.82) is 0 Å². The van der Waals surface area contributed by atoms with E-state index in [0.29, 0.717) is 6.04 Å². The predicted molar refractivity (Wildman–Crippen MR) is 71.5 cm³/mol. The van der Waals surface area contributed by atoms with Crippen molar-refractivity contribution in [2.75, 3.05) is 32.7 Å². The zero-order valence-corrected chi connectivity index (χ0v) is 11.2. The number of likely N-dealkylation sites (tertiary alicyclic amines) is 2. The minimum atomic E-state index is 0.178. The average Bonchev–Trinajstić information content (AvgIpc) is 3.04. The topological polar surface area (TPSA) is 35.6 Å². The van der Waals surface area contributed by atoms with Gasteiger partial charge in [0.2, 0.25) is 0 Å². The molecule has 1 aliphatic carbocycles. The Balaban J connectivity index is 1.38. The molecule has 3 fully saturated rings. The zero-order valence-electron chi connectivity index (χ0n) is 11.2. The van der Waals surface area contributed by atoms with Gasteiger partial charge >= 0.3 is 6.03 Å². The molecule has 2 amide bonds. The molecule has 0 aromatic rings. The number of hydrogen-bond acceptors (Lipinski definition) is 2. The molecule has 1 saturated carbocycles. The number of carbonyl (C=O) groups excluding carboxylic acids is 1. The van der Waals surface area contributed by atoms with Gasteiger partial charge in [0.1, 0.15) is 0 Å². The average molecular weight is 251 g/mol. The number of piperidine rings is 1. The van der Waals surface area contributed by atoms with Gasteiger partial charge in [0.25, 0.3) is 0 Å². The van der Waals surface area contributed by atoms with Crippen LogP contribution in [0.2, 0.25) is 0 Å². The van der Waals surface area contributed by atoms with Crippen LogP contribution in [0.1, 0.15) is 38.5 Å². The third-order valence-electron chi connectivity index (χ3n) is 4.52. The largest absolute Gasteiger partial charge is 0.335 e. The molecule has 0 atom stereocenters. The van der Waals surface area contributed by atoms with Crippen LogP contribution in [-0.4, -0.2) is 54.6 Å². The Morgan fingerprint density at radius 2 is 1.67 bits per heavy atom. The summed E-state index contributed by atoms with van der Waals surface area (Å²) in [5, 5.41) is 3.09. The number of nitrogens with one attached hydrogen (secondary N) is 1. The highest BCUT2D eigenvalue weighted by Gasteiger charge is 2.29. The third-order valence-corrected chi connectivity index (χ3v) is 4.52. The van der Waals surface area contributed by atoms with Crippen molar-refractivity contribution >= 4 is 6.03 Å². The Hall–Kier alpha value is -0.770. The molecule has 2 aliphatic heterocycles. The first-order valence-electron chi connectivity index (χ1n) is 7.59. The summed E-state index contributed by atoms with van der Waals surface area (Å²) >= 11 is 0. The second-order valence-corrected chi connectivity index (χ2v) is 6.16. The Morgan fingerprint density at radius 3 is 2.28 bits per heavy atom. The van der Waals surface area contributed by atoms with Crippen molar-refractivity contribution in [3.63, 3.8) is 0 Å². The van der Waals surface area contributed by atoms with Crippen LogP contribution in [0.25, 0.3) is 0 Å². The number of urea groups is 1. The Kier molecular flexibility index (Phi) is 3.73. The van der Waals surface area contributed by atoms with Crippen molar-refractivity contribution in [3.8, 4) is 0 Å². The number of nitrogens with zero attached hydrogens (tertiary/aromatic N) is 2. The lowest BCUT2D eigenvalue weighted by atomic mass is 9.96. The van der Waals surface area contributed by atoms with E-state index in [1.165, 1.54) is 58.2 Å². The molecule has 0 aromatic heterocycles. The molecule has 2 heterocycles. The summed E-state index contributed by atoms with van der Waals surface area (Å²) in [6.07, 6.45) is 7.49. The van der Waals surface area contributed by atoms with Crippen LogP contribution in [-0.2, 0) is 0 Å². The Morgan fingerprint density at radius 1 is 1.00 bits per heavy atom. The molecule has 102 valence electrons. The van der Waals surface area contributed by atoms with Crippen molar-refractivity contribution < 1.29 is 4.79 Å². The van der Waals surface area contributed by atoms with E-state index >= 15 is 0 Å². The summed E-state index contributed by atoms with van der Waals surface area (Å²) in [6, 6.07) is 0.664. The molecular weight excluding hydrogens is 226 g/mol. The normalized spacial score (nSPS) is 26.6. The van der Waals surface area contributed by atoms with Gasteiger partial charge in [-0.3, -0.25) is 0 Å². The number of hydrogen-bond donors (Lipinski definition) is 1. The Labute approximate surface area is 110 Å². The highest BCUT2D eigenvalue weighted by Crippen LogP contribution is 2.22. The van der Waals surface area contributed by atoms with Gasteiger partial charge < -0.3 is 15.1 Å². The molecule has 18 heavy (non-hydrogen) atoms. The lowest BCUT2D eigenvalue weighted by Gasteiger charge is -2.33. The molecule has 0 spiro atoms. The SMILES string of the molecule is O=C(NC1CC1)N1CCC(CN2CCCC2)CC1. The second-order valence-electron chi connectivity index (χ2n) is 6.16. The molecule has 0 bridgehead atoms. The molecule has 0 aromatic carbocycles. The summed E-state index contributed by atoms with van der Waals surface area (Å²) in [4.78, 5) is 16.5. The van der Waals surface area contributed by atoms with Crippen LogP contribution in [0.3, 0.4) is 0 Å². The van der Waals surface area contributed by atoms with E-state index in [4.69, 9.17) is 0 Å². The summed E-state index contributed by atoms with van der Waals surface area (Å²) < 4.78 is 0. The first kappa shape index (κ1) is 12.3. The molecule has 4 heteroatoms. The lowest BCUT2D eigenvalue weighted by molar-refractivity contribution is 0.154. The van der Waals surface area contributed by atoms with Gasteiger partial charge in [-0.25, -0.2) is 4.79 Å². The summed E-state index contributed by atoms with van der Waals surface area (Å²) in [6.45, 7) is 5.76. The van der Waals surface area contributed by atoms with Crippen LogP contribution in [0, 0.1) is 5.92 Å². The van der Waals surface area contributed by atoms with E-state index in [9.17, 15) is 4.79 Å². The van der Waals surface area contributed by atoms with E-state index < -0.39 is 0 Å². The third kappa shape index (κ3) is 3.16. The smallest absolute Gasteiger partial charge is 0.317 e. The fraction of sp³-hybridized carbons (Fsp3) is 0.929. The second kappa shape index (κ2) is 5.47. The fourth-order valence-corrected chi connectivity index (χ4v) is 3.14. The van der Waals surface area contributed by atoms with Gasteiger partial charge in [-0.1, -0.05) is 0 Å². The Bertz CT molecular complexity index is 289. The summed E-state index contributed by atoms with van der Waals surface area (Å²) in [7, 11) is 0. The van der Waals surface area contributed by atoms with Crippen LogP contribution in [0.5, 0.6) is 0 Å². The van der Waals surface area contributed by atoms with Gasteiger partial charge in [0, 0.05) is 25.7 Å². The maximum absolute atomic E-state index is 11.9. The van der Waals surface area contributed by atoms with Crippen LogP contribution in [0.4, 0.5) is 4.79 Å². The van der Waals surface area contributed by atoms with Crippen LogP contribution >= 0.6 is 0 Å². The monoisotopic (exact) mass is 251 g/mol. The molecule has 4 nitrogen and oxygen atoms in total. The van der Waals surface area contributed by atoms with Crippen molar-refractivity contribution in [2.24, 2.45) is 5.92 Å². The standard InChI is InChI=1S/C14H25N3O/c18-14(15-13-3-4-13)17-9-5-12(6-10-17)11-16-7-1-2-8-16/h12-13H,1-11H2,(H,15,18). The van der Waals surface area contributed by atoms with Crippen molar-refractivity contribution in [2.45, 2.75) is 44.6 Å². The van der Waals surface area contributed by atoms with Crippen molar-refractivity contribution in [1.82, 2.24) is 15.1 Å². The minimum absolute atomic E-state index is 0.178. The first-order valence-corrected chi connectivity index (χ1v) is 7.59. The van der Waals surface area contributed by atoms with Gasteiger partial charge in [-0.05, 0) is 57.5 Å². The molecule has 0 radical (unpaired) electrons. The van der Waals surface area contributed by atoms with E-state index in [-0.39, 0.29) is 6.03 Å². The number of amides is 2. The lowest BCUT2D eigenvalue weighted by Crippen LogP contribution is -2.46. The summed E-state index contributed by atoms with van der Waals surface area (Å²) in [5.41, 5.74) is 0.